The summed E-state index contributed by atoms with van der Waals surface area (Å²) in [5.41, 5.74) is 0.781. The molecule has 1 amide bonds. The van der Waals surface area contributed by atoms with Gasteiger partial charge >= 0.3 is 6.09 Å². The molecule has 4 nitrogen and oxygen atoms in total. The van der Waals surface area contributed by atoms with E-state index in [1.807, 2.05) is 20.8 Å². The molecule has 0 N–H and O–H groups in total. The van der Waals surface area contributed by atoms with Crippen LogP contribution in [0.4, 0.5) is 4.79 Å². The number of rotatable bonds is 1. The first-order valence-corrected chi connectivity index (χ1v) is 8.26. The molecule has 1 atom stereocenters. The molecule has 0 aromatic heterocycles. The summed E-state index contributed by atoms with van der Waals surface area (Å²) < 4.78 is 11.7. The molecule has 0 bridgehead atoms. The molecule has 2 aliphatic rings. The molecule has 1 saturated heterocycles. The van der Waals surface area contributed by atoms with Gasteiger partial charge in [0.15, 0.2) is 7.28 Å². The monoisotopic (exact) mass is 307 g/mol. The molecule has 2 rings (SSSR count). The molecule has 1 fully saturated rings. The van der Waals surface area contributed by atoms with Crippen LogP contribution in [0.5, 0.6) is 0 Å². The summed E-state index contributed by atoms with van der Waals surface area (Å²) in [5, 5.41) is 0.167. The predicted octanol–water partition coefficient (Wildman–Crippen LogP) is 3.32. The molecule has 2 heterocycles. The third-order valence-corrected chi connectivity index (χ3v) is 5.07. The van der Waals surface area contributed by atoms with Crippen LogP contribution in [0, 0.1) is 0 Å². The number of hydrogen-bond acceptors (Lipinski definition) is 3. The van der Waals surface area contributed by atoms with Crippen LogP contribution in [0.1, 0.15) is 54.9 Å². The Morgan fingerprint density at radius 2 is 2.00 bits per heavy atom. The van der Waals surface area contributed by atoms with Gasteiger partial charge in [0.2, 0.25) is 0 Å². The summed E-state index contributed by atoms with van der Waals surface area (Å²) in [6, 6.07) is 0.186. The number of carbonyl (C=O) groups is 1. The van der Waals surface area contributed by atoms with E-state index in [1.54, 1.807) is 4.90 Å². The van der Waals surface area contributed by atoms with E-state index in [2.05, 4.69) is 33.8 Å². The standard InChI is InChI=1S/C17H30BNO3/c1-15(2,3)22-14(20)19-10-8-12(9-11-19)13-18-16(4,5)17(6,7)21-13/h8,13,18H,9-11H2,1-7H3. The van der Waals surface area contributed by atoms with Crippen molar-refractivity contribution in [3.05, 3.63) is 11.6 Å². The van der Waals surface area contributed by atoms with Crippen LogP contribution in [0.15, 0.2) is 11.6 Å². The highest BCUT2D eigenvalue weighted by Gasteiger charge is 2.49. The van der Waals surface area contributed by atoms with Crippen molar-refractivity contribution in [1.29, 1.82) is 0 Å². The first-order valence-electron chi connectivity index (χ1n) is 8.26. The first-order chi connectivity index (χ1) is 9.91. The molecule has 1 unspecified atom stereocenters. The topological polar surface area (TPSA) is 38.8 Å². The van der Waals surface area contributed by atoms with E-state index in [1.165, 1.54) is 5.57 Å². The Kier molecular flexibility index (Phi) is 4.42. The highest BCUT2D eigenvalue weighted by molar-refractivity contribution is 6.44. The maximum Gasteiger partial charge on any atom is 0.410 e. The Balaban J connectivity index is 1.97. The van der Waals surface area contributed by atoms with Crippen molar-refractivity contribution >= 4 is 13.4 Å². The van der Waals surface area contributed by atoms with Crippen molar-refractivity contribution in [1.82, 2.24) is 4.90 Å². The average molecular weight is 307 g/mol. The third kappa shape index (κ3) is 3.68. The lowest BCUT2D eigenvalue weighted by Crippen LogP contribution is -2.40. The van der Waals surface area contributed by atoms with Gasteiger partial charge in [-0.2, -0.15) is 0 Å². The maximum atomic E-state index is 12.1. The summed E-state index contributed by atoms with van der Waals surface area (Å²) in [4.78, 5) is 13.9. The van der Waals surface area contributed by atoms with Crippen LogP contribution in [-0.2, 0) is 9.47 Å². The molecule has 0 aliphatic carbocycles. The van der Waals surface area contributed by atoms with Crippen LogP contribution in [0.25, 0.3) is 0 Å². The van der Waals surface area contributed by atoms with E-state index in [0.29, 0.717) is 13.1 Å². The molecule has 22 heavy (non-hydrogen) atoms. The zero-order chi connectivity index (χ0) is 16.8. The maximum absolute atomic E-state index is 12.1. The van der Waals surface area contributed by atoms with E-state index >= 15 is 0 Å². The molecule has 0 spiro atoms. The quantitative estimate of drug-likeness (QED) is 0.551. The van der Waals surface area contributed by atoms with E-state index in [4.69, 9.17) is 9.47 Å². The second-order valence-electron chi connectivity index (χ2n) is 8.66. The second kappa shape index (κ2) is 5.59. The Bertz CT molecular complexity index is 461. The number of amides is 1. The first kappa shape index (κ1) is 17.4. The minimum atomic E-state index is -0.441. The fraction of sp³-hybridized carbons (Fsp3) is 0.824. The van der Waals surface area contributed by atoms with Gasteiger partial charge in [0.25, 0.3) is 0 Å². The molecule has 5 heteroatoms. The molecule has 0 aromatic carbocycles. The zero-order valence-electron chi connectivity index (χ0n) is 15.2. The van der Waals surface area contributed by atoms with Gasteiger partial charge < -0.3 is 14.4 Å². The van der Waals surface area contributed by atoms with Crippen LogP contribution < -0.4 is 0 Å². The highest BCUT2D eigenvalue weighted by atomic mass is 16.6. The third-order valence-electron chi connectivity index (χ3n) is 5.07. The van der Waals surface area contributed by atoms with Crippen molar-refractivity contribution < 1.29 is 14.3 Å². The number of hydrogen-bond donors (Lipinski definition) is 0. The lowest BCUT2D eigenvalue weighted by molar-refractivity contribution is -0.0238. The van der Waals surface area contributed by atoms with Gasteiger partial charge in [-0.05, 0) is 46.4 Å². The average Bonchev–Trinajstić information content (AvgIpc) is 2.56. The summed E-state index contributed by atoms with van der Waals surface area (Å²) in [6.07, 6.45) is 2.79. The fourth-order valence-corrected chi connectivity index (χ4v) is 2.94. The van der Waals surface area contributed by atoms with E-state index < -0.39 is 5.60 Å². The normalized spacial score (nSPS) is 27.1. The van der Waals surface area contributed by atoms with Gasteiger partial charge in [-0.25, -0.2) is 4.79 Å². The zero-order valence-corrected chi connectivity index (χ0v) is 15.2. The van der Waals surface area contributed by atoms with Crippen LogP contribution in [0.2, 0.25) is 5.31 Å². The molecule has 124 valence electrons. The summed E-state index contributed by atoms with van der Waals surface area (Å²) in [5.74, 6) is 0. The minimum Gasteiger partial charge on any atom is -0.444 e. The Morgan fingerprint density at radius 1 is 1.36 bits per heavy atom. The predicted molar refractivity (Wildman–Crippen MR) is 90.6 cm³/mol. The summed E-state index contributed by atoms with van der Waals surface area (Å²) >= 11 is 0. The minimum absolute atomic E-state index is 0.110. The number of ether oxygens (including phenoxy) is 2. The Hall–Kier alpha value is -0.965. The number of nitrogens with zero attached hydrogens (tertiary/aromatic N) is 1. The Labute approximate surface area is 135 Å². The van der Waals surface area contributed by atoms with Crippen molar-refractivity contribution in [2.45, 2.75) is 77.4 Å². The van der Waals surface area contributed by atoms with Gasteiger partial charge in [0, 0.05) is 19.1 Å². The number of carbonyl (C=O) groups excluding carboxylic acids is 1. The van der Waals surface area contributed by atoms with E-state index in [-0.39, 0.29) is 23.0 Å². The van der Waals surface area contributed by atoms with Crippen molar-refractivity contribution in [3.8, 4) is 0 Å². The fourth-order valence-electron chi connectivity index (χ4n) is 2.94. The van der Waals surface area contributed by atoms with E-state index in [9.17, 15) is 4.79 Å². The smallest absolute Gasteiger partial charge is 0.410 e. The van der Waals surface area contributed by atoms with Crippen molar-refractivity contribution in [2.24, 2.45) is 0 Å². The van der Waals surface area contributed by atoms with Crippen LogP contribution in [-0.4, -0.2) is 48.6 Å². The van der Waals surface area contributed by atoms with Crippen LogP contribution in [0.3, 0.4) is 0 Å². The van der Waals surface area contributed by atoms with Gasteiger partial charge in [0.05, 0.1) is 5.60 Å². The van der Waals surface area contributed by atoms with Gasteiger partial charge in [-0.1, -0.05) is 25.5 Å². The van der Waals surface area contributed by atoms with Crippen molar-refractivity contribution in [2.75, 3.05) is 13.1 Å². The molecule has 2 aliphatic heterocycles. The highest BCUT2D eigenvalue weighted by Crippen LogP contribution is 2.48. The Morgan fingerprint density at radius 3 is 2.41 bits per heavy atom. The lowest BCUT2D eigenvalue weighted by atomic mass is 9.47. The molecule has 0 radical (unpaired) electrons. The molecule has 0 aromatic rings. The molecular weight excluding hydrogens is 277 g/mol. The molecule has 0 saturated carbocycles. The van der Waals surface area contributed by atoms with Gasteiger partial charge in [0.1, 0.15) is 5.60 Å². The second-order valence-corrected chi connectivity index (χ2v) is 8.66. The largest absolute Gasteiger partial charge is 0.444 e. The van der Waals surface area contributed by atoms with E-state index in [0.717, 1.165) is 13.7 Å². The van der Waals surface area contributed by atoms with Gasteiger partial charge in [-0.3, -0.25) is 0 Å². The summed E-state index contributed by atoms with van der Waals surface area (Å²) in [7, 11) is 1.04. The van der Waals surface area contributed by atoms with Crippen molar-refractivity contribution in [3.63, 3.8) is 0 Å². The molecular formula is C17H30BNO3. The van der Waals surface area contributed by atoms with Crippen LogP contribution >= 0.6 is 0 Å². The SMILES string of the molecule is CC(C)(C)OC(=O)N1CC=C(C2BC(C)(C)C(C)(C)O2)CC1. The lowest BCUT2D eigenvalue weighted by Gasteiger charge is -2.33. The van der Waals surface area contributed by atoms with Gasteiger partial charge in [-0.15, -0.1) is 0 Å². The summed E-state index contributed by atoms with van der Waals surface area (Å²) in [6.45, 7) is 15.9.